The van der Waals surface area contributed by atoms with Crippen molar-refractivity contribution in [2.24, 2.45) is 13.0 Å². The smallest absolute Gasteiger partial charge is 0.225 e. The molecule has 0 fully saturated rings. The predicted molar refractivity (Wildman–Crippen MR) is 123 cm³/mol. The van der Waals surface area contributed by atoms with Gasteiger partial charge in [-0.05, 0) is 39.5 Å². The SMILES string of the molecule is CCOc1nc(-c2ccccc2)nc2c1CCC(C(=O)N(C)Cc1cn(C)nc1C)CC2. The lowest BCUT2D eigenvalue weighted by Gasteiger charge is -2.22. The second kappa shape index (κ2) is 9.51. The van der Waals surface area contributed by atoms with Gasteiger partial charge in [0.2, 0.25) is 11.8 Å². The van der Waals surface area contributed by atoms with Crippen LogP contribution >= 0.6 is 0 Å². The third-order valence-electron chi connectivity index (χ3n) is 6.09. The lowest BCUT2D eigenvalue weighted by molar-refractivity contribution is -0.135. The van der Waals surface area contributed by atoms with E-state index in [1.165, 1.54) is 0 Å². The number of carbonyl (C=O) groups is 1. The minimum atomic E-state index is -0.0409. The first-order valence-corrected chi connectivity index (χ1v) is 11.3. The third-order valence-corrected chi connectivity index (χ3v) is 6.09. The zero-order chi connectivity index (χ0) is 22.7. The molecule has 0 saturated carbocycles. The first-order chi connectivity index (χ1) is 15.5. The monoisotopic (exact) mass is 433 g/mol. The van der Waals surface area contributed by atoms with Crippen molar-refractivity contribution in [2.45, 2.75) is 46.1 Å². The van der Waals surface area contributed by atoms with Crippen molar-refractivity contribution in [3.8, 4) is 17.3 Å². The quantitative estimate of drug-likeness (QED) is 0.554. The van der Waals surface area contributed by atoms with Gasteiger partial charge in [0.25, 0.3) is 0 Å². The van der Waals surface area contributed by atoms with Crippen LogP contribution in [0.5, 0.6) is 5.88 Å². The molecule has 4 rings (SSSR count). The number of nitrogens with zero attached hydrogens (tertiary/aromatic N) is 5. The number of fused-ring (bicyclic) bond motifs is 1. The van der Waals surface area contributed by atoms with Crippen molar-refractivity contribution in [1.82, 2.24) is 24.6 Å². The van der Waals surface area contributed by atoms with E-state index in [1.807, 2.05) is 69.4 Å². The number of hydrogen-bond acceptors (Lipinski definition) is 5. The molecule has 1 aromatic carbocycles. The molecule has 0 spiro atoms. The number of amides is 1. The highest BCUT2D eigenvalue weighted by atomic mass is 16.5. The Morgan fingerprint density at radius 1 is 1.19 bits per heavy atom. The summed E-state index contributed by atoms with van der Waals surface area (Å²) in [5.74, 6) is 1.47. The van der Waals surface area contributed by atoms with E-state index in [-0.39, 0.29) is 11.8 Å². The third kappa shape index (κ3) is 4.66. The molecule has 0 N–H and O–H groups in total. The molecular weight excluding hydrogens is 402 g/mol. The largest absolute Gasteiger partial charge is 0.478 e. The van der Waals surface area contributed by atoms with Crippen molar-refractivity contribution in [2.75, 3.05) is 13.7 Å². The minimum absolute atomic E-state index is 0.0409. The Hall–Kier alpha value is -3.22. The standard InChI is InChI=1S/C25H31N5O2/c1-5-32-24-21-13-11-19(25(31)29(3)15-20-16-30(4)28-17(20)2)12-14-22(21)26-23(27-24)18-9-7-6-8-10-18/h6-10,16,19H,5,11-15H2,1-4H3. The fraction of sp³-hybridized carbons (Fsp3) is 0.440. The van der Waals surface area contributed by atoms with Gasteiger partial charge in [0.1, 0.15) is 0 Å². The Morgan fingerprint density at radius 2 is 1.94 bits per heavy atom. The number of carbonyl (C=O) groups excluding carboxylic acids is 1. The predicted octanol–water partition coefficient (Wildman–Crippen LogP) is 3.74. The molecule has 32 heavy (non-hydrogen) atoms. The van der Waals surface area contributed by atoms with Crippen LogP contribution in [0.3, 0.4) is 0 Å². The Kier molecular flexibility index (Phi) is 6.53. The summed E-state index contributed by atoms with van der Waals surface area (Å²) >= 11 is 0. The van der Waals surface area contributed by atoms with E-state index < -0.39 is 0 Å². The van der Waals surface area contributed by atoms with Crippen LogP contribution < -0.4 is 4.74 Å². The molecule has 168 valence electrons. The molecule has 2 heterocycles. The maximum Gasteiger partial charge on any atom is 0.225 e. The zero-order valence-corrected chi connectivity index (χ0v) is 19.3. The zero-order valence-electron chi connectivity index (χ0n) is 19.3. The summed E-state index contributed by atoms with van der Waals surface area (Å²) in [5, 5.41) is 4.39. The molecule has 2 aromatic heterocycles. The molecule has 1 aliphatic carbocycles. The molecule has 0 bridgehead atoms. The number of aromatic nitrogens is 4. The van der Waals surface area contributed by atoms with E-state index in [9.17, 15) is 4.79 Å². The number of aryl methyl sites for hydroxylation is 3. The topological polar surface area (TPSA) is 73.1 Å². The highest BCUT2D eigenvalue weighted by molar-refractivity contribution is 5.78. The van der Waals surface area contributed by atoms with Crippen LogP contribution in [0, 0.1) is 12.8 Å². The fourth-order valence-electron chi connectivity index (χ4n) is 4.41. The average molecular weight is 434 g/mol. The number of ether oxygens (including phenoxy) is 1. The summed E-state index contributed by atoms with van der Waals surface area (Å²) in [6.07, 6.45) is 5.02. The number of benzene rings is 1. The molecule has 3 aromatic rings. The Morgan fingerprint density at radius 3 is 2.62 bits per heavy atom. The molecule has 1 amide bonds. The summed E-state index contributed by atoms with van der Waals surface area (Å²) in [5.41, 5.74) is 5.07. The van der Waals surface area contributed by atoms with Gasteiger partial charge >= 0.3 is 0 Å². The van der Waals surface area contributed by atoms with Crippen LogP contribution in [0.1, 0.15) is 42.3 Å². The van der Waals surface area contributed by atoms with Gasteiger partial charge in [-0.2, -0.15) is 10.1 Å². The first kappa shape index (κ1) is 22.0. The van der Waals surface area contributed by atoms with E-state index in [1.54, 1.807) is 4.68 Å². The van der Waals surface area contributed by atoms with Crippen LogP contribution in [-0.4, -0.2) is 44.2 Å². The van der Waals surface area contributed by atoms with Gasteiger partial charge in [-0.15, -0.1) is 0 Å². The lowest BCUT2D eigenvalue weighted by Crippen LogP contribution is -2.32. The highest BCUT2D eigenvalue weighted by Gasteiger charge is 2.28. The van der Waals surface area contributed by atoms with Crippen molar-refractivity contribution >= 4 is 5.91 Å². The summed E-state index contributed by atoms with van der Waals surface area (Å²) in [7, 11) is 3.79. The van der Waals surface area contributed by atoms with Crippen LogP contribution in [0.25, 0.3) is 11.4 Å². The lowest BCUT2D eigenvalue weighted by atomic mass is 9.98. The van der Waals surface area contributed by atoms with Gasteiger partial charge in [-0.25, -0.2) is 4.98 Å². The second-order valence-electron chi connectivity index (χ2n) is 8.46. The van der Waals surface area contributed by atoms with E-state index in [0.717, 1.165) is 53.8 Å². The molecule has 0 aliphatic heterocycles. The average Bonchev–Trinajstić information content (AvgIpc) is 2.98. The van der Waals surface area contributed by atoms with Gasteiger partial charge < -0.3 is 9.64 Å². The molecular formula is C25H31N5O2. The molecule has 0 saturated heterocycles. The second-order valence-corrected chi connectivity index (χ2v) is 8.46. The van der Waals surface area contributed by atoms with E-state index in [0.29, 0.717) is 24.9 Å². The van der Waals surface area contributed by atoms with Crippen molar-refractivity contribution in [3.63, 3.8) is 0 Å². The first-order valence-electron chi connectivity index (χ1n) is 11.3. The van der Waals surface area contributed by atoms with E-state index in [2.05, 4.69) is 5.10 Å². The minimum Gasteiger partial charge on any atom is -0.478 e. The van der Waals surface area contributed by atoms with E-state index >= 15 is 0 Å². The summed E-state index contributed by atoms with van der Waals surface area (Å²) in [6, 6.07) is 9.97. The maximum absolute atomic E-state index is 13.3. The van der Waals surface area contributed by atoms with Gasteiger partial charge in [0.05, 0.1) is 18.0 Å². The molecule has 1 atom stereocenters. The Bertz CT molecular complexity index is 1090. The van der Waals surface area contributed by atoms with Crippen LogP contribution in [0.2, 0.25) is 0 Å². The maximum atomic E-state index is 13.3. The molecule has 7 nitrogen and oxygen atoms in total. The van der Waals surface area contributed by atoms with Crippen molar-refractivity contribution in [1.29, 1.82) is 0 Å². The molecule has 7 heteroatoms. The van der Waals surface area contributed by atoms with Crippen molar-refractivity contribution in [3.05, 3.63) is 59.0 Å². The van der Waals surface area contributed by atoms with Crippen LogP contribution in [0.15, 0.2) is 36.5 Å². The normalized spacial score (nSPS) is 15.7. The molecule has 1 aliphatic rings. The van der Waals surface area contributed by atoms with E-state index in [4.69, 9.17) is 14.7 Å². The Balaban J connectivity index is 1.53. The summed E-state index contributed by atoms with van der Waals surface area (Å²) in [4.78, 5) is 24.7. The Labute approximate surface area is 189 Å². The van der Waals surface area contributed by atoms with Gasteiger partial charge in [-0.1, -0.05) is 30.3 Å². The van der Waals surface area contributed by atoms with Crippen molar-refractivity contribution < 1.29 is 9.53 Å². The molecule has 0 radical (unpaired) electrons. The summed E-state index contributed by atoms with van der Waals surface area (Å²) in [6.45, 7) is 5.07. The van der Waals surface area contributed by atoms with Gasteiger partial charge in [-0.3, -0.25) is 9.48 Å². The highest BCUT2D eigenvalue weighted by Crippen LogP contribution is 2.32. The summed E-state index contributed by atoms with van der Waals surface area (Å²) < 4.78 is 7.70. The number of rotatable bonds is 6. The van der Waals surface area contributed by atoms with Crippen LogP contribution in [0.4, 0.5) is 0 Å². The van der Waals surface area contributed by atoms with Gasteiger partial charge in [0, 0.05) is 49.4 Å². The van der Waals surface area contributed by atoms with Crippen LogP contribution in [-0.2, 0) is 31.2 Å². The van der Waals surface area contributed by atoms with Gasteiger partial charge in [0.15, 0.2) is 5.82 Å². The molecule has 1 unspecified atom stereocenters. The fourth-order valence-corrected chi connectivity index (χ4v) is 4.41. The number of hydrogen-bond donors (Lipinski definition) is 0.